The van der Waals surface area contributed by atoms with E-state index in [2.05, 4.69) is 34.8 Å². The Labute approximate surface area is 116 Å². The summed E-state index contributed by atoms with van der Waals surface area (Å²) in [5.74, 6) is 0. The lowest BCUT2D eigenvalue weighted by Crippen LogP contribution is -2.46. The average Bonchev–Trinajstić information content (AvgIpc) is 2.40. The third-order valence-corrected chi connectivity index (χ3v) is 3.34. The lowest BCUT2D eigenvalue weighted by Gasteiger charge is -2.29. The Hall–Kier alpha value is -1.14. The van der Waals surface area contributed by atoms with Crippen LogP contribution in [0.2, 0.25) is 0 Å². The van der Waals surface area contributed by atoms with Crippen LogP contribution in [0, 0.1) is 5.41 Å². The Morgan fingerprint density at radius 3 is 1.53 bits per heavy atom. The highest BCUT2D eigenvalue weighted by molar-refractivity contribution is 5.86. The van der Waals surface area contributed by atoms with Gasteiger partial charge in [-0.3, -0.25) is 0 Å². The van der Waals surface area contributed by atoms with Crippen molar-refractivity contribution in [1.82, 2.24) is 10.6 Å². The first-order chi connectivity index (χ1) is 8.73. The van der Waals surface area contributed by atoms with Gasteiger partial charge in [0.05, 0.1) is 11.4 Å². The maximum atomic E-state index is 8.70. The second-order valence-corrected chi connectivity index (χ2v) is 5.85. The first-order valence-electron chi connectivity index (χ1n) is 6.57. The van der Waals surface area contributed by atoms with E-state index < -0.39 is 0 Å². The van der Waals surface area contributed by atoms with E-state index in [1.54, 1.807) is 13.8 Å². The summed E-state index contributed by atoms with van der Waals surface area (Å²) in [6.45, 7) is 13.4. The van der Waals surface area contributed by atoms with E-state index in [0.717, 1.165) is 13.1 Å². The quantitative estimate of drug-likeness (QED) is 0.307. The van der Waals surface area contributed by atoms with Crippen LogP contribution >= 0.6 is 0 Å². The van der Waals surface area contributed by atoms with Crippen LogP contribution in [-0.4, -0.2) is 47.0 Å². The molecule has 19 heavy (non-hydrogen) atoms. The highest BCUT2D eigenvalue weighted by Gasteiger charge is 2.20. The molecule has 0 aliphatic carbocycles. The summed E-state index contributed by atoms with van der Waals surface area (Å²) >= 11 is 0. The summed E-state index contributed by atoms with van der Waals surface area (Å²) in [5, 5.41) is 30.4. The number of rotatable bonds is 8. The first kappa shape index (κ1) is 17.9. The topological polar surface area (TPSA) is 89.2 Å². The number of oxime groups is 2. The number of hydrogen-bond donors (Lipinski definition) is 4. The molecule has 6 nitrogen and oxygen atoms in total. The van der Waals surface area contributed by atoms with Gasteiger partial charge in [-0.1, -0.05) is 24.2 Å². The van der Waals surface area contributed by atoms with Crippen LogP contribution in [0.3, 0.4) is 0 Å². The van der Waals surface area contributed by atoms with Gasteiger partial charge in [-0.05, 0) is 33.1 Å². The minimum atomic E-state index is 0.0357. The normalized spacial score (nSPS) is 17.4. The molecule has 4 N–H and O–H groups in total. The molecule has 0 fully saturated rings. The van der Waals surface area contributed by atoms with Crippen molar-refractivity contribution < 1.29 is 10.4 Å². The van der Waals surface area contributed by atoms with Crippen molar-refractivity contribution >= 4 is 11.4 Å². The maximum absolute atomic E-state index is 8.70. The highest BCUT2D eigenvalue weighted by Crippen LogP contribution is 2.12. The Bertz CT molecular complexity index is 297. The van der Waals surface area contributed by atoms with Crippen LogP contribution in [0.1, 0.15) is 41.5 Å². The van der Waals surface area contributed by atoms with E-state index in [4.69, 9.17) is 10.4 Å². The maximum Gasteiger partial charge on any atom is 0.0706 e. The van der Waals surface area contributed by atoms with Gasteiger partial charge in [0.15, 0.2) is 0 Å². The molecule has 0 aliphatic heterocycles. The van der Waals surface area contributed by atoms with Crippen molar-refractivity contribution in [2.24, 2.45) is 15.7 Å². The number of hydrogen-bond acceptors (Lipinski definition) is 6. The summed E-state index contributed by atoms with van der Waals surface area (Å²) < 4.78 is 0. The van der Waals surface area contributed by atoms with Crippen molar-refractivity contribution in [3.8, 4) is 0 Å². The predicted octanol–water partition coefficient (Wildman–Crippen LogP) is 1.67. The van der Waals surface area contributed by atoms with Gasteiger partial charge in [-0.25, -0.2) is 0 Å². The van der Waals surface area contributed by atoms with Gasteiger partial charge in [0.25, 0.3) is 0 Å². The van der Waals surface area contributed by atoms with Gasteiger partial charge >= 0.3 is 0 Å². The fraction of sp³-hybridized carbons (Fsp3) is 0.846. The monoisotopic (exact) mass is 272 g/mol. The predicted molar refractivity (Wildman–Crippen MR) is 78.5 cm³/mol. The molecule has 6 heteroatoms. The summed E-state index contributed by atoms with van der Waals surface area (Å²) in [5.41, 5.74) is 1.37. The second-order valence-electron chi connectivity index (χ2n) is 5.85. The zero-order valence-electron chi connectivity index (χ0n) is 12.9. The largest absolute Gasteiger partial charge is 0.411 e. The zero-order valence-corrected chi connectivity index (χ0v) is 12.9. The zero-order chi connectivity index (χ0) is 15.1. The standard InChI is InChI=1S/C13H28N4O2/c1-9(11(3)16-18)14-7-13(5,6)8-15-10(2)12(4)17-19/h9-10,14-15,18-19H,7-8H2,1-6H3/b16-11-,17-12-/t9-,10-/m0/s1. The Morgan fingerprint density at radius 1 is 0.947 bits per heavy atom. The van der Waals surface area contributed by atoms with Gasteiger partial charge < -0.3 is 21.0 Å². The first-order valence-corrected chi connectivity index (χ1v) is 6.57. The Balaban J connectivity index is 4.19. The molecule has 0 aromatic heterocycles. The van der Waals surface area contributed by atoms with Gasteiger partial charge in [0.1, 0.15) is 0 Å². The molecule has 0 rings (SSSR count). The summed E-state index contributed by atoms with van der Waals surface area (Å²) in [7, 11) is 0. The molecule has 0 saturated carbocycles. The molecule has 0 aliphatic rings. The molecule has 0 heterocycles. The molecule has 0 aromatic carbocycles. The number of nitrogens with one attached hydrogen (secondary N) is 2. The SMILES string of the molecule is C/C(=N/O)[C@H](C)NCC(C)(C)CN[C@@H](C)/C(C)=N\O. The summed E-state index contributed by atoms with van der Waals surface area (Å²) in [6.07, 6.45) is 0. The molecule has 0 saturated heterocycles. The lowest BCUT2D eigenvalue weighted by molar-refractivity contribution is 0.298. The molecule has 112 valence electrons. The van der Waals surface area contributed by atoms with Gasteiger partial charge in [0.2, 0.25) is 0 Å². The highest BCUT2D eigenvalue weighted by atomic mass is 16.4. The summed E-state index contributed by atoms with van der Waals surface area (Å²) in [4.78, 5) is 0. The number of nitrogens with zero attached hydrogens (tertiary/aromatic N) is 2. The van der Waals surface area contributed by atoms with E-state index in [0.29, 0.717) is 11.4 Å². The lowest BCUT2D eigenvalue weighted by atomic mass is 9.92. The second kappa shape index (κ2) is 8.12. The average molecular weight is 272 g/mol. The van der Waals surface area contributed by atoms with Crippen LogP contribution in [0.4, 0.5) is 0 Å². The summed E-state index contributed by atoms with van der Waals surface area (Å²) in [6, 6.07) is 0.0878. The molecule has 0 unspecified atom stereocenters. The molecule has 0 radical (unpaired) electrons. The Kier molecular flexibility index (Phi) is 7.63. The molecule has 0 spiro atoms. The molecular formula is C13H28N4O2. The van der Waals surface area contributed by atoms with Crippen LogP contribution in [0.15, 0.2) is 10.3 Å². The molecular weight excluding hydrogens is 244 g/mol. The molecule has 0 aromatic rings. The Morgan fingerprint density at radius 2 is 1.26 bits per heavy atom. The van der Waals surface area contributed by atoms with E-state index in [1.165, 1.54) is 0 Å². The van der Waals surface area contributed by atoms with Crippen LogP contribution < -0.4 is 10.6 Å². The smallest absolute Gasteiger partial charge is 0.0706 e. The molecule has 0 bridgehead atoms. The minimum absolute atomic E-state index is 0.0357. The minimum Gasteiger partial charge on any atom is -0.411 e. The van der Waals surface area contributed by atoms with Crippen molar-refractivity contribution in [3.63, 3.8) is 0 Å². The van der Waals surface area contributed by atoms with Crippen LogP contribution in [0.5, 0.6) is 0 Å². The van der Waals surface area contributed by atoms with Crippen molar-refractivity contribution in [2.75, 3.05) is 13.1 Å². The van der Waals surface area contributed by atoms with Crippen molar-refractivity contribution in [3.05, 3.63) is 0 Å². The van der Waals surface area contributed by atoms with Crippen molar-refractivity contribution in [1.29, 1.82) is 0 Å². The van der Waals surface area contributed by atoms with Crippen molar-refractivity contribution in [2.45, 2.75) is 53.6 Å². The fourth-order valence-corrected chi connectivity index (χ4v) is 1.39. The molecule has 0 amide bonds. The third-order valence-electron chi connectivity index (χ3n) is 3.34. The molecule has 2 atom stereocenters. The fourth-order valence-electron chi connectivity index (χ4n) is 1.39. The van der Waals surface area contributed by atoms with Gasteiger partial charge in [-0.2, -0.15) is 0 Å². The van der Waals surface area contributed by atoms with E-state index in [1.807, 2.05) is 13.8 Å². The van der Waals surface area contributed by atoms with Gasteiger partial charge in [0, 0.05) is 25.2 Å². The van der Waals surface area contributed by atoms with E-state index >= 15 is 0 Å². The third kappa shape index (κ3) is 7.12. The van der Waals surface area contributed by atoms with Crippen LogP contribution in [-0.2, 0) is 0 Å². The van der Waals surface area contributed by atoms with E-state index in [-0.39, 0.29) is 17.5 Å². The van der Waals surface area contributed by atoms with Gasteiger partial charge in [-0.15, -0.1) is 0 Å². The van der Waals surface area contributed by atoms with Crippen LogP contribution in [0.25, 0.3) is 0 Å². The van der Waals surface area contributed by atoms with E-state index in [9.17, 15) is 0 Å².